The van der Waals surface area contributed by atoms with Gasteiger partial charge in [0, 0.05) is 0 Å². The molecule has 0 aliphatic heterocycles. The van der Waals surface area contributed by atoms with Crippen molar-refractivity contribution in [3.8, 4) is 56.8 Å². The van der Waals surface area contributed by atoms with E-state index in [4.69, 9.17) is 9.97 Å². The molecule has 0 radical (unpaired) electrons. The van der Waals surface area contributed by atoms with Gasteiger partial charge in [0.2, 0.25) is 0 Å². The Kier molecular flexibility index (Phi) is 4.96. The maximum atomic E-state index is 11.6. The minimum absolute atomic E-state index is 0.0585. The molecule has 5 aromatic carbocycles. The lowest BCUT2D eigenvalue weighted by Crippen LogP contribution is -1.91. The topological polar surface area (TPSA) is 126 Å². The molecular weight excluding hydrogens is 512 g/mol. The fourth-order valence-electron chi connectivity index (χ4n) is 5.31. The van der Waals surface area contributed by atoms with E-state index in [1.807, 2.05) is 97.1 Å². The van der Waals surface area contributed by atoms with Crippen LogP contribution in [0.3, 0.4) is 0 Å². The van der Waals surface area contributed by atoms with E-state index in [0.29, 0.717) is 34.2 Å². The number of nitrogens with one attached hydrogen (secondary N) is 3. The van der Waals surface area contributed by atoms with Crippen molar-refractivity contribution < 1.29 is 10.2 Å². The summed E-state index contributed by atoms with van der Waals surface area (Å²) < 4.78 is 0. The van der Waals surface area contributed by atoms with Crippen LogP contribution in [-0.2, 0) is 0 Å². The van der Waals surface area contributed by atoms with Crippen molar-refractivity contribution in [3.05, 3.63) is 103 Å². The van der Waals surface area contributed by atoms with Crippen LogP contribution in [0.5, 0.6) is 11.5 Å². The minimum Gasteiger partial charge on any atom is -0.507 e. The lowest BCUT2D eigenvalue weighted by Gasteiger charge is -2.12. The monoisotopic (exact) mass is 534 g/mol. The normalized spacial score (nSPS) is 11.6. The average molecular weight is 535 g/mol. The Morgan fingerprint density at radius 1 is 0.439 bits per heavy atom. The first-order chi connectivity index (χ1) is 20.1. The van der Waals surface area contributed by atoms with Crippen LogP contribution in [0.1, 0.15) is 0 Å². The van der Waals surface area contributed by atoms with Crippen LogP contribution in [0, 0.1) is 0 Å². The first-order valence-electron chi connectivity index (χ1n) is 13.2. The van der Waals surface area contributed by atoms with Gasteiger partial charge in [-0.25, -0.2) is 15.0 Å². The quantitative estimate of drug-likeness (QED) is 0.161. The van der Waals surface area contributed by atoms with Crippen molar-refractivity contribution in [1.82, 2.24) is 29.9 Å². The lowest BCUT2D eigenvalue weighted by molar-refractivity contribution is 0.476. The van der Waals surface area contributed by atoms with E-state index < -0.39 is 0 Å². The number of rotatable bonds is 4. The van der Waals surface area contributed by atoms with Crippen molar-refractivity contribution >= 4 is 33.1 Å². The van der Waals surface area contributed by atoms with Crippen molar-refractivity contribution in [2.45, 2.75) is 0 Å². The summed E-state index contributed by atoms with van der Waals surface area (Å²) in [6.07, 6.45) is 0. The number of phenolic OH excluding ortho intramolecular Hbond substituents is 2. The summed E-state index contributed by atoms with van der Waals surface area (Å²) in [6, 6.07) is 32.4. The number of fused-ring (bicyclic) bond motifs is 3. The van der Waals surface area contributed by atoms with Crippen LogP contribution < -0.4 is 0 Å². The van der Waals surface area contributed by atoms with Gasteiger partial charge in [-0.1, -0.05) is 42.5 Å². The molecular formula is C33H22N6O2. The number of imidazole rings is 3. The highest BCUT2D eigenvalue weighted by molar-refractivity contribution is 5.90. The Morgan fingerprint density at radius 2 is 0.854 bits per heavy atom. The lowest BCUT2D eigenvalue weighted by atomic mass is 9.96. The first kappa shape index (κ1) is 23.0. The zero-order chi connectivity index (χ0) is 27.5. The fraction of sp³-hybridized carbons (Fsp3) is 0. The molecule has 0 aliphatic rings. The van der Waals surface area contributed by atoms with Crippen LogP contribution in [0.4, 0.5) is 0 Å². The highest BCUT2D eigenvalue weighted by Gasteiger charge is 2.20. The number of benzene rings is 5. The maximum absolute atomic E-state index is 11.6. The largest absolute Gasteiger partial charge is 0.507 e. The summed E-state index contributed by atoms with van der Waals surface area (Å²) in [5, 5.41) is 22.4. The van der Waals surface area contributed by atoms with E-state index in [-0.39, 0.29) is 11.5 Å². The number of aromatic nitrogens is 6. The maximum Gasteiger partial charge on any atom is 0.142 e. The molecule has 41 heavy (non-hydrogen) atoms. The number of hydrogen-bond donors (Lipinski definition) is 5. The van der Waals surface area contributed by atoms with Crippen LogP contribution in [0.15, 0.2) is 103 Å². The Bertz CT molecular complexity index is 2060. The molecule has 0 bridgehead atoms. The van der Waals surface area contributed by atoms with Crippen molar-refractivity contribution in [2.24, 2.45) is 0 Å². The van der Waals surface area contributed by atoms with Crippen LogP contribution in [0.2, 0.25) is 0 Å². The number of aromatic hydroxyl groups is 2. The van der Waals surface area contributed by atoms with E-state index in [1.54, 1.807) is 6.07 Å². The number of aromatic amines is 3. The SMILES string of the molecule is Oc1ccc(-c2cc(-c3nc4ccccc4[nH]3)c(O)c(-c3nc4ccccc4[nH]3)c2)cc1-c1nc2ccccc2[nH]1. The first-order valence-corrected chi connectivity index (χ1v) is 13.2. The highest BCUT2D eigenvalue weighted by Crippen LogP contribution is 2.42. The Labute approximate surface area is 233 Å². The number of nitrogens with zero attached hydrogens (tertiary/aromatic N) is 3. The Morgan fingerprint density at radius 3 is 1.32 bits per heavy atom. The van der Waals surface area contributed by atoms with E-state index in [2.05, 4.69) is 19.9 Å². The van der Waals surface area contributed by atoms with Gasteiger partial charge in [-0.3, -0.25) is 0 Å². The van der Waals surface area contributed by atoms with Gasteiger partial charge in [0.25, 0.3) is 0 Å². The molecule has 0 fully saturated rings. The predicted molar refractivity (Wildman–Crippen MR) is 160 cm³/mol. The molecule has 3 heterocycles. The van der Waals surface area contributed by atoms with Crippen LogP contribution in [0.25, 0.3) is 78.4 Å². The molecule has 8 rings (SSSR count). The number of hydrogen-bond acceptors (Lipinski definition) is 5. The molecule has 8 aromatic rings. The zero-order valence-corrected chi connectivity index (χ0v) is 21.6. The van der Waals surface area contributed by atoms with Gasteiger partial charge in [-0.15, -0.1) is 0 Å². The Balaban J connectivity index is 1.34. The van der Waals surface area contributed by atoms with Crippen LogP contribution >= 0.6 is 0 Å². The molecule has 0 saturated carbocycles. The summed E-state index contributed by atoms with van der Waals surface area (Å²) in [5.74, 6) is 1.82. The zero-order valence-electron chi connectivity index (χ0n) is 21.6. The third-order valence-corrected chi connectivity index (χ3v) is 7.37. The standard InChI is InChI=1S/C33H22N6O2/c40-29-14-13-18(15-20(29)31-34-23-7-1-2-8-24(23)35-31)19-16-21(32-36-25-9-3-4-10-26(25)37-32)30(41)22(17-19)33-38-27-11-5-6-12-28(27)39-33/h1-17,40-41H,(H,34,35)(H,36,37)(H,38,39). The smallest absolute Gasteiger partial charge is 0.142 e. The van der Waals surface area contributed by atoms with Gasteiger partial charge in [0.15, 0.2) is 0 Å². The van der Waals surface area contributed by atoms with Gasteiger partial charge < -0.3 is 25.2 Å². The fourth-order valence-corrected chi connectivity index (χ4v) is 5.31. The molecule has 8 nitrogen and oxygen atoms in total. The average Bonchev–Trinajstić information content (AvgIpc) is 3.73. The van der Waals surface area contributed by atoms with Crippen molar-refractivity contribution in [2.75, 3.05) is 0 Å². The second-order valence-electron chi connectivity index (χ2n) is 9.96. The van der Waals surface area contributed by atoms with Crippen molar-refractivity contribution in [1.29, 1.82) is 0 Å². The molecule has 0 spiro atoms. The van der Waals surface area contributed by atoms with Gasteiger partial charge in [0.1, 0.15) is 29.0 Å². The minimum atomic E-state index is 0.0585. The summed E-state index contributed by atoms with van der Waals surface area (Å²) in [7, 11) is 0. The van der Waals surface area contributed by atoms with Crippen molar-refractivity contribution in [3.63, 3.8) is 0 Å². The number of phenols is 2. The highest BCUT2D eigenvalue weighted by atomic mass is 16.3. The molecule has 0 unspecified atom stereocenters. The third-order valence-electron chi connectivity index (χ3n) is 7.37. The van der Waals surface area contributed by atoms with E-state index in [9.17, 15) is 10.2 Å². The predicted octanol–water partition coefficient (Wildman–Crippen LogP) is 7.39. The van der Waals surface area contributed by atoms with Gasteiger partial charge in [-0.2, -0.15) is 0 Å². The molecule has 0 aliphatic carbocycles. The molecule has 8 heteroatoms. The summed E-state index contributed by atoms with van der Waals surface area (Å²) >= 11 is 0. The molecule has 0 saturated heterocycles. The summed E-state index contributed by atoms with van der Waals surface area (Å²) in [4.78, 5) is 24.2. The van der Waals surface area contributed by atoms with Crippen LogP contribution in [-0.4, -0.2) is 40.1 Å². The molecule has 5 N–H and O–H groups in total. The second kappa shape index (κ2) is 8.82. The number of H-pyrrole nitrogens is 3. The third kappa shape index (κ3) is 3.81. The molecule has 3 aromatic heterocycles. The van der Waals surface area contributed by atoms with E-state index in [1.165, 1.54) is 0 Å². The molecule has 0 atom stereocenters. The van der Waals surface area contributed by atoms with Gasteiger partial charge in [-0.05, 0) is 71.8 Å². The Hall–Kier alpha value is -5.89. The second-order valence-corrected chi connectivity index (χ2v) is 9.96. The van der Waals surface area contributed by atoms with E-state index in [0.717, 1.165) is 44.2 Å². The van der Waals surface area contributed by atoms with Gasteiger partial charge >= 0.3 is 0 Å². The van der Waals surface area contributed by atoms with E-state index >= 15 is 0 Å². The van der Waals surface area contributed by atoms with Gasteiger partial charge in [0.05, 0.1) is 49.8 Å². The number of para-hydroxylation sites is 6. The molecule has 0 amide bonds. The summed E-state index contributed by atoms with van der Waals surface area (Å²) in [5.41, 5.74) is 8.32. The summed E-state index contributed by atoms with van der Waals surface area (Å²) in [6.45, 7) is 0. The molecule has 196 valence electrons.